The standard InChI is InChI=1S/C14H16Cl2N2O2S2/c1-18(2)13(14-4-3-7-21-14)9-17-22(19,20)10-5-6-11(15)12(16)8-10/h3-8,13,17H,9H2,1-2H3. The lowest BCUT2D eigenvalue weighted by Gasteiger charge is -2.23. The van der Waals surface area contributed by atoms with E-state index < -0.39 is 10.0 Å². The summed E-state index contributed by atoms with van der Waals surface area (Å²) >= 11 is 13.3. The molecule has 1 aromatic heterocycles. The van der Waals surface area contributed by atoms with Gasteiger partial charge in [0.25, 0.3) is 0 Å². The van der Waals surface area contributed by atoms with Crippen LogP contribution in [0.3, 0.4) is 0 Å². The van der Waals surface area contributed by atoms with E-state index in [1.165, 1.54) is 18.2 Å². The molecule has 0 fully saturated rings. The van der Waals surface area contributed by atoms with Crippen molar-refractivity contribution in [1.29, 1.82) is 0 Å². The lowest BCUT2D eigenvalue weighted by atomic mass is 10.2. The maximum Gasteiger partial charge on any atom is 0.240 e. The van der Waals surface area contributed by atoms with Gasteiger partial charge >= 0.3 is 0 Å². The van der Waals surface area contributed by atoms with Gasteiger partial charge in [-0.1, -0.05) is 29.3 Å². The maximum absolute atomic E-state index is 12.4. The van der Waals surface area contributed by atoms with Crippen LogP contribution >= 0.6 is 34.5 Å². The van der Waals surface area contributed by atoms with E-state index in [0.29, 0.717) is 5.02 Å². The van der Waals surface area contributed by atoms with E-state index in [-0.39, 0.29) is 22.5 Å². The second-order valence-corrected chi connectivity index (χ2v) is 8.48. The Morgan fingerprint density at radius 1 is 1.23 bits per heavy atom. The zero-order valence-corrected chi connectivity index (χ0v) is 15.2. The Hall–Kier alpha value is -0.630. The van der Waals surface area contributed by atoms with Crippen molar-refractivity contribution < 1.29 is 8.42 Å². The molecule has 1 atom stereocenters. The third kappa shape index (κ3) is 4.22. The van der Waals surface area contributed by atoms with Gasteiger partial charge in [-0.25, -0.2) is 13.1 Å². The molecular weight excluding hydrogens is 363 g/mol. The Kier molecular flexibility index (Phi) is 5.87. The Morgan fingerprint density at radius 2 is 1.95 bits per heavy atom. The van der Waals surface area contributed by atoms with Crippen molar-refractivity contribution >= 4 is 44.6 Å². The van der Waals surface area contributed by atoms with Gasteiger partial charge in [-0.15, -0.1) is 11.3 Å². The molecule has 2 rings (SSSR count). The van der Waals surface area contributed by atoms with Crippen LogP contribution in [0.2, 0.25) is 10.0 Å². The minimum atomic E-state index is -3.63. The minimum Gasteiger partial charge on any atom is -0.300 e. The molecule has 0 aliphatic heterocycles. The van der Waals surface area contributed by atoms with Gasteiger partial charge in [0.15, 0.2) is 0 Å². The topological polar surface area (TPSA) is 49.4 Å². The lowest BCUT2D eigenvalue weighted by Crippen LogP contribution is -2.34. The first-order valence-electron chi connectivity index (χ1n) is 6.46. The molecule has 1 heterocycles. The average molecular weight is 379 g/mol. The molecule has 4 nitrogen and oxygen atoms in total. The maximum atomic E-state index is 12.4. The van der Waals surface area contributed by atoms with E-state index in [4.69, 9.17) is 23.2 Å². The van der Waals surface area contributed by atoms with Gasteiger partial charge in [-0.2, -0.15) is 0 Å². The molecule has 1 N–H and O–H groups in total. The fourth-order valence-corrected chi connectivity index (χ4v) is 4.28. The monoisotopic (exact) mass is 378 g/mol. The van der Waals surface area contributed by atoms with Crippen LogP contribution in [0.4, 0.5) is 0 Å². The van der Waals surface area contributed by atoms with Crippen molar-refractivity contribution in [2.45, 2.75) is 10.9 Å². The molecule has 0 aliphatic carbocycles. The number of nitrogens with one attached hydrogen (secondary N) is 1. The summed E-state index contributed by atoms with van der Waals surface area (Å²) in [7, 11) is 0.195. The van der Waals surface area contributed by atoms with E-state index >= 15 is 0 Å². The summed E-state index contributed by atoms with van der Waals surface area (Å²) < 4.78 is 27.4. The van der Waals surface area contributed by atoms with Crippen molar-refractivity contribution in [3.05, 3.63) is 50.6 Å². The normalized spacial score (nSPS) is 13.5. The van der Waals surface area contributed by atoms with Crippen molar-refractivity contribution in [3.63, 3.8) is 0 Å². The van der Waals surface area contributed by atoms with Crippen molar-refractivity contribution in [1.82, 2.24) is 9.62 Å². The van der Waals surface area contributed by atoms with Crippen molar-refractivity contribution in [3.8, 4) is 0 Å². The zero-order chi connectivity index (χ0) is 16.3. The summed E-state index contributed by atoms with van der Waals surface area (Å²) in [4.78, 5) is 3.18. The van der Waals surface area contributed by atoms with E-state index in [0.717, 1.165) is 4.88 Å². The summed E-state index contributed by atoms with van der Waals surface area (Å²) in [5, 5.41) is 2.51. The Bertz CT molecular complexity index is 731. The Labute approximate surface area is 144 Å². The molecule has 1 aromatic carbocycles. The number of nitrogens with zero attached hydrogens (tertiary/aromatic N) is 1. The highest BCUT2D eigenvalue weighted by atomic mass is 35.5. The summed E-state index contributed by atoms with van der Waals surface area (Å²) in [6, 6.07) is 8.17. The van der Waals surface area contributed by atoms with Crippen LogP contribution in [-0.4, -0.2) is 34.0 Å². The molecule has 1 unspecified atom stereocenters. The molecule has 0 saturated heterocycles. The average Bonchev–Trinajstić information content (AvgIpc) is 2.95. The first kappa shape index (κ1) is 17.7. The molecule has 0 radical (unpaired) electrons. The fourth-order valence-electron chi connectivity index (χ4n) is 1.93. The number of likely N-dealkylation sites (N-methyl/N-ethyl adjacent to an activating group) is 1. The Morgan fingerprint density at radius 3 is 2.50 bits per heavy atom. The SMILES string of the molecule is CN(C)C(CNS(=O)(=O)c1ccc(Cl)c(Cl)c1)c1cccs1. The van der Waals surface area contributed by atoms with Gasteiger partial charge < -0.3 is 4.90 Å². The number of benzene rings is 1. The molecule has 0 amide bonds. The second-order valence-electron chi connectivity index (χ2n) is 4.92. The number of hydrogen-bond donors (Lipinski definition) is 1. The highest BCUT2D eigenvalue weighted by Crippen LogP contribution is 2.26. The third-order valence-corrected chi connectivity index (χ3v) is 6.30. The largest absolute Gasteiger partial charge is 0.300 e. The number of rotatable bonds is 6. The van der Waals surface area contributed by atoms with Crippen molar-refractivity contribution in [2.75, 3.05) is 20.6 Å². The number of thiophene rings is 1. The van der Waals surface area contributed by atoms with E-state index in [1.807, 2.05) is 36.5 Å². The first-order valence-corrected chi connectivity index (χ1v) is 9.57. The van der Waals surface area contributed by atoms with Crippen LogP contribution < -0.4 is 4.72 Å². The summed E-state index contributed by atoms with van der Waals surface area (Å²) in [6.45, 7) is 0.274. The van der Waals surface area contributed by atoms with Crippen LogP contribution in [0, 0.1) is 0 Å². The smallest absolute Gasteiger partial charge is 0.240 e. The van der Waals surface area contributed by atoms with Crippen LogP contribution in [0.5, 0.6) is 0 Å². The van der Waals surface area contributed by atoms with Gasteiger partial charge in [-0.05, 0) is 43.7 Å². The molecule has 0 saturated carbocycles. The fraction of sp³-hybridized carbons (Fsp3) is 0.286. The summed E-state index contributed by atoms with van der Waals surface area (Å²) in [5.41, 5.74) is 0. The molecule has 0 bridgehead atoms. The Balaban J connectivity index is 2.16. The highest BCUT2D eigenvalue weighted by Gasteiger charge is 2.20. The molecular formula is C14H16Cl2N2O2S2. The summed E-state index contributed by atoms with van der Waals surface area (Å²) in [6.07, 6.45) is 0. The highest BCUT2D eigenvalue weighted by molar-refractivity contribution is 7.89. The van der Waals surface area contributed by atoms with Gasteiger partial charge in [0.05, 0.1) is 21.0 Å². The predicted octanol–water partition coefficient (Wildman–Crippen LogP) is 3.64. The van der Waals surface area contributed by atoms with E-state index in [9.17, 15) is 8.42 Å². The molecule has 0 spiro atoms. The second kappa shape index (κ2) is 7.29. The quantitative estimate of drug-likeness (QED) is 0.834. The zero-order valence-electron chi connectivity index (χ0n) is 12.1. The third-order valence-electron chi connectivity index (χ3n) is 3.16. The lowest BCUT2D eigenvalue weighted by molar-refractivity contribution is 0.303. The van der Waals surface area contributed by atoms with E-state index in [1.54, 1.807) is 11.3 Å². The van der Waals surface area contributed by atoms with Crippen LogP contribution in [0.25, 0.3) is 0 Å². The van der Waals surface area contributed by atoms with Crippen LogP contribution in [0.15, 0.2) is 40.6 Å². The van der Waals surface area contributed by atoms with E-state index in [2.05, 4.69) is 4.72 Å². The number of halogens is 2. The van der Waals surface area contributed by atoms with Gasteiger partial charge in [0.2, 0.25) is 10.0 Å². The van der Waals surface area contributed by atoms with Crippen molar-refractivity contribution in [2.24, 2.45) is 0 Å². The predicted molar refractivity (Wildman–Crippen MR) is 92.4 cm³/mol. The number of sulfonamides is 1. The molecule has 2 aromatic rings. The van der Waals surface area contributed by atoms with Gasteiger partial charge in [0, 0.05) is 11.4 Å². The van der Waals surface area contributed by atoms with Crippen LogP contribution in [-0.2, 0) is 10.0 Å². The van der Waals surface area contributed by atoms with Gasteiger partial charge in [0.1, 0.15) is 0 Å². The molecule has 8 heteroatoms. The number of hydrogen-bond acceptors (Lipinski definition) is 4. The van der Waals surface area contributed by atoms with Gasteiger partial charge in [-0.3, -0.25) is 0 Å². The molecule has 22 heavy (non-hydrogen) atoms. The molecule has 0 aliphatic rings. The first-order chi connectivity index (χ1) is 10.3. The summed E-state index contributed by atoms with van der Waals surface area (Å²) in [5.74, 6) is 0. The molecule has 120 valence electrons. The van der Waals surface area contributed by atoms with Crippen LogP contribution in [0.1, 0.15) is 10.9 Å². The minimum absolute atomic E-state index is 0.0300.